The van der Waals surface area contributed by atoms with Crippen molar-refractivity contribution >= 4 is 34.7 Å². The molecule has 0 radical (unpaired) electrons. The van der Waals surface area contributed by atoms with E-state index in [4.69, 9.17) is 9.47 Å². The van der Waals surface area contributed by atoms with E-state index in [1.54, 1.807) is 43.1 Å². The molecule has 6 rings (SSSR count). The minimum atomic E-state index is -0.206. The molecule has 0 saturated heterocycles. The van der Waals surface area contributed by atoms with Crippen molar-refractivity contribution < 1.29 is 14.3 Å². The molecule has 6 nitrogen and oxygen atoms in total. The Hall–Kier alpha value is -2.71. The number of para-hydroxylation sites is 1. The summed E-state index contributed by atoms with van der Waals surface area (Å²) in [6.07, 6.45) is 3.80. The number of carbonyl (C=O) groups is 1. The number of fused-ring (bicyclic) bond motifs is 6. The van der Waals surface area contributed by atoms with E-state index in [2.05, 4.69) is 17.4 Å². The van der Waals surface area contributed by atoms with Crippen LogP contribution in [0.5, 0.6) is 11.5 Å². The third kappa shape index (κ3) is 3.87. The first kappa shape index (κ1) is 22.7. The number of benzene rings is 2. The quantitative estimate of drug-likeness (QED) is 0.495. The Balaban J connectivity index is 1.36. The highest BCUT2D eigenvalue weighted by Crippen LogP contribution is 2.64. The molecule has 1 aliphatic heterocycles. The van der Waals surface area contributed by atoms with Crippen LogP contribution in [0, 0.1) is 17.8 Å². The van der Waals surface area contributed by atoms with E-state index in [9.17, 15) is 9.59 Å². The predicted octanol–water partition coefficient (Wildman–Crippen LogP) is 5.22. The molecule has 2 aliphatic carbocycles. The number of carbonyl (C=O) groups excluding carboxylic acids is 1. The average Bonchev–Trinajstić information content (AvgIpc) is 3.57. The molecule has 2 saturated carbocycles. The van der Waals surface area contributed by atoms with E-state index in [1.165, 1.54) is 30.6 Å². The van der Waals surface area contributed by atoms with E-state index in [0.29, 0.717) is 28.7 Å². The van der Waals surface area contributed by atoms with E-state index in [-0.39, 0.29) is 23.2 Å². The zero-order chi connectivity index (χ0) is 24.1. The topological polar surface area (TPSA) is 69.6 Å². The maximum Gasteiger partial charge on any atom is 0.308 e. The molecule has 3 aromatic rings. The van der Waals surface area contributed by atoms with Gasteiger partial charge in [-0.25, -0.2) is 0 Å². The lowest BCUT2D eigenvalue weighted by molar-refractivity contribution is -0.116. The Kier molecular flexibility index (Phi) is 5.89. The van der Waals surface area contributed by atoms with Crippen LogP contribution >= 0.6 is 23.1 Å². The van der Waals surface area contributed by atoms with Crippen LogP contribution in [-0.2, 0) is 11.3 Å². The van der Waals surface area contributed by atoms with Gasteiger partial charge in [0.1, 0.15) is 18.0 Å². The van der Waals surface area contributed by atoms with Gasteiger partial charge in [0, 0.05) is 27.3 Å². The molecule has 1 aromatic heterocycles. The molecule has 182 valence electrons. The summed E-state index contributed by atoms with van der Waals surface area (Å²) in [5.41, 5.74) is 1.84. The molecule has 2 bridgehead atoms. The van der Waals surface area contributed by atoms with Gasteiger partial charge < -0.3 is 14.8 Å². The number of nitrogens with one attached hydrogen (secondary N) is 1. The fourth-order valence-corrected chi connectivity index (χ4v) is 9.52. The summed E-state index contributed by atoms with van der Waals surface area (Å²) in [5, 5.41) is 4.36. The van der Waals surface area contributed by atoms with E-state index >= 15 is 0 Å². The third-order valence-electron chi connectivity index (χ3n) is 7.84. The smallest absolute Gasteiger partial charge is 0.308 e. The Morgan fingerprint density at radius 1 is 1.06 bits per heavy atom. The van der Waals surface area contributed by atoms with Crippen LogP contribution in [0.4, 0.5) is 5.69 Å². The summed E-state index contributed by atoms with van der Waals surface area (Å²) in [6, 6.07) is 15.4. The maximum atomic E-state index is 13.2. The Bertz CT molecular complexity index is 1320. The molecular formula is C27H28N2O4S2. The molecule has 4 unspecified atom stereocenters. The molecular weight excluding hydrogens is 480 g/mol. The largest absolute Gasteiger partial charge is 0.497 e. The van der Waals surface area contributed by atoms with Crippen molar-refractivity contribution in [1.29, 1.82) is 0 Å². The summed E-state index contributed by atoms with van der Waals surface area (Å²) >= 11 is 3.14. The van der Waals surface area contributed by atoms with Crippen LogP contribution in [0.15, 0.2) is 58.4 Å². The SMILES string of the molecule is COc1ccc(NC(=O)Cn2c3c(sc2=O)[C@H](c2ccccc2OC)C2C4CCC(C4)C2S3)cc1. The molecule has 2 heterocycles. The number of aromatic nitrogens is 1. The average molecular weight is 509 g/mol. The van der Waals surface area contributed by atoms with Crippen molar-refractivity contribution in [1.82, 2.24) is 4.57 Å². The maximum absolute atomic E-state index is 13.2. The molecule has 0 spiro atoms. The summed E-state index contributed by atoms with van der Waals surface area (Å²) in [7, 11) is 3.32. The van der Waals surface area contributed by atoms with Crippen LogP contribution in [-0.4, -0.2) is 29.9 Å². The summed E-state index contributed by atoms with van der Waals surface area (Å²) < 4.78 is 12.6. The van der Waals surface area contributed by atoms with Gasteiger partial charge in [0.2, 0.25) is 5.91 Å². The number of thioether (sulfide) groups is 1. The van der Waals surface area contributed by atoms with E-state index in [1.807, 2.05) is 23.9 Å². The molecule has 2 fully saturated rings. The van der Waals surface area contributed by atoms with E-state index in [0.717, 1.165) is 27.0 Å². The highest BCUT2D eigenvalue weighted by molar-refractivity contribution is 8.00. The Morgan fingerprint density at radius 3 is 2.60 bits per heavy atom. The van der Waals surface area contributed by atoms with Crippen LogP contribution < -0.4 is 19.7 Å². The number of anilines is 1. The fraction of sp³-hybridized carbons (Fsp3) is 0.407. The van der Waals surface area contributed by atoms with Crippen LogP contribution in [0.2, 0.25) is 0 Å². The summed E-state index contributed by atoms with van der Waals surface area (Å²) in [4.78, 5) is 27.2. The Morgan fingerprint density at radius 2 is 1.83 bits per heavy atom. The molecule has 35 heavy (non-hydrogen) atoms. The summed E-state index contributed by atoms with van der Waals surface area (Å²) in [6.45, 7) is 0.00776. The molecule has 1 N–H and O–H groups in total. The second-order valence-electron chi connectivity index (χ2n) is 9.61. The van der Waals surface area contributed by atoms with E-state index < -0.39 is 0 Å². The number of rotatable bonds is 6. The van der Waals surface area contributed by atoms with Crippen LogP contribution in [0.1, 0.15) is 35.6 Å². The number of hydrogen-bond acceptors (Lipinski definition) is 6. The summed E-state index contributed by atoms with van der Waals surface area (Å²) in [5.74, 6) is 3.39. The number of amides is 1. The van der Waals surface area contributed by atoms with Gasteiger partial charge in [0.25, 0.3) is 0 Å². The number of nitrogens with zero attached hydrogens (tertiary/aromatic N) is 1. The Labute approximate surface area is 212 Å². The van der Waals surface area contributed by atoms with Gasteiger partial charge in [-0.1, -0.05) is 29.5 Å². The van der Waals surface area contributed by atoms with Gasteiger partial charge in [-0.2, -0.15) is 0 Å². The number of hydrogen-bond donors (Lipinski definition) is 1. The highest BCUT2D eigenvalue weighted by atomic mass is 32.2. The van der Waals surface area contributed by atoms with Gasteiger partial charge in [-0.3, -0.25) is 14.2 Å². The zero-order valence-corrected chi connectivity index (χ0v) is 21.4. The van der Waals surface area contributed by atoms with Gasteiger partial charge in [0.15, 0.2) is 0 Å². The first-order valence-corrected chi connectivity index (χ1v) is 13.7. The van der Waals surface area contributed by atoms with Crippen molar-refractivity contribution in [3.05, 3.63) is 68.6 Å². The lowest BCUT2D eigenvalue weighted by Crippen LogP contribution is -2.35. The standard InChI is InChI=1S/C27H28N2O4S2/c1-32-18-11-9-17(10-12-18)28-21(30)14-29-26-25(35-27(29)31)23(19-5-3-4-6-20(19)33-2)22-15-7-8-16(13-15)24(22)34-26/h3-6,9-12,15-16,22-24H,7-8,13-14H2,1-2H3,(H,28,30)/t15?,16?,22?,23-,24?/m1/s1. The highest BCUT2D eigenvalue weighted by Gasteiger charge is 2.55. The first-order valence-electron chi connectivity index (χ1n) is 12.0. The minimum absolute atomic E-state index is 0.00776. The minimum Gasteiger partial charge on any atom is -0.497 e. The fourth-order valence-electron chi connectivity index (χ4n) is 6.38. The molecule has 2 aromatic carbocycles. The third-order valence-corrected chi connectivity index (χ3v) is 10.7. The number of thiazole rings is 1. The molecule has 3 aliphatic rings. The van der Waals surface area contributed by atoms with Crippen molar-refractivity contribution in [3.8, 4) is 11.5 Å². The zero-order valence-electron chi connectivity index (χ0n) is 19.7. The lowest BCUT2D eigenvalue weighted by atomic mass is 9.74. The number of methoxy groups -OCH3 is 2. The molecule has 8 heteroatoms. The van der Waals surface area contributed by atoms with Crippen LogP contribution in [0.25, 0.3) is 0 Å². The van der Waals surface area contributed by atoms with Crippen molar-refractivity contribution in [2.75, 3.05) is 19.5 Å². The number of ether oxygens (including phenoxy) is 2. The van der Waals surface area contributed by atoms with Gasteiger partial charge in [0.05, 0.1) is 19.2 Å². The second kappa shape index (κ2) is 9.06. The lowest BCUT2D eigenvalue weighted by Gasteiger charge is -2.40. The predicted molar refractivity (Wildman–Crippen MR) is 139 cm³/mol. The molecule has 1 amide bonds. The second-order valence-corrected chi connectivity index (χ2v) is 11.8. The molecule has 5 atom stereocenters. The monoisotopic (exact) mass is 508 g/mol. The first-order chi connectivity index (χ1) is 17.1. The van der Waals surface area contributed by atoms with Gasteiger partial charge >= 0.3 is 4.87 Å². The normalized spacial score (nSPS) is 26.2. The van der Waals surface area contributed by atoms with Gasteiger partial charge in [-0.15, -0.1) is 11.8 Å². The van der Waals surface area contributed by atoms with Crippen molar-refractivity contribution in [3.63, 3.8) is 0 Å². The van der Waals surface area contributed by atoms with Gasteiger partial charge in [-0.05, 0) is 67.3 Å². The van der Waals surface area contributed by atoms with Crippen LogP contribution in [0.3, 0.4) is 0 Å². The van der Waals surface area contributed by atoms with Crippen molar-refractivity contribution in [2.45, 2.75) is 42.0 Å². The van der Waals surface area contributed by atoms with Crippen molar-refractivity contribution in [2.24, 2.45) is 17.8 Å².